The third-order valence-electron chi connectivity index (χ3n) is 5.79. The Bertz CT molecular complexity index is 860. The van der Waals surface area contributed by atoms with Gasteiger partial charge in [-0.3, -0.25) is 4.98 Å². The van der Waals surface area contributed by atoms with Gasteiger partial charge in [-0.1, -0.05) is 6.07 Å². The zero-order valence-corrected chi connectivity index (χ0v) is 15.8. The van der Waals surface area contributed by atoms with Gasteiger partial charge in [-0.25, -0.2) is 0 Å². The van der Waals surface area contributed by atoms with E-state index in [1.165, 1.54) is 59.2 Å². The lowest BCUT2D eigenvalue weighted by Crippen LogP contribution is -2.37. The molecule has 0 amide bonds. The van der Waals surface area contributed by atoms with E-state index in [1.807, 2.05) is 19.4 Å². The molecule has 4 nitrogen and oxygen atoms in total. The molecule has 1 fully saturated rings. The third kappa shape index (κ3) is 3.39. The first kappa shape index (κ1) is 17.3. The van der Waals surface area contributed by atoms with E-state index in [1.54, 1.807) is 0 Å². The predicted molar refractivity (Wildman–Crippen MR) is 109 cm³/mol. The maximum absolute atomic E-state index is 4.13. The fourth-order valence-electron chi connectivity index (χ4n) is 4.17. The molecule has 1 saturated heterocycles. The summed E-state index contributed by atoms with van der Waals surface area (Å²) in [6.45, 7) is 6.88. The van der Waals surface area contributed by atoms with Gasteiger partial charge in [0.15, 0.2) is 0 Å². The number of piperidine rings is 1. The largest absolute Gasteiger partial charge is 0.354 e. The summed E-state index contributed by atoms with van der Waals surface area (Å²) in [7, 11) is 2.03. The lowest BCUT2D eigenvalue weighted by Gasteiger charge is -2.32. The van der Waals surface area contributed by atoms with Crippen LogP contribution in [-0.2, 0) is 0 Å². The van der Waals surface area contributed by atoms with Crippen molar-refractivity contribution in [3.8, 4) is 11.3 Å². The number of H-pyrrole nitrogens is 1. The highest BCUT2D eigenvalue weighted by Gasteiger charge is 2.21. The van der Waals surface area contributed by atoms with Crippen LogP contribution < -0.4 is 5.32 Å². The van der Waals surface area contributed by atoms with Gasteiger partial charge in [0, 0.05) is 47.6 Å². The molecule has 1 aromatic carbocycles. The second-order valence-electron chi connectivity index (χ2n) is 7.39. The quantitative estimate of drug-likeness (QED) is 0.734. The molecule has 3 aromatic rings. The first-order valence-electron chi connectivity index (χ1n) is 9.66. The first-order chi connectivity index (χ1) is 12.8. The van der Waals surface area contributed by atoms with E-state index in [0.29, 0.717) is 5.92 Å². The topological polar surface area (TPSA) is 44.0 Å². The Labute approximate surface area is 155 Å². The first-order valence-corrected chi connectivity index (χ1v) is 9.66. The lowest BCUT2D eigenvalue weighted by molar-refractivity contribution is 0.214. The number of benzene rings is 1. The van der Waals surface area contributed by atoms with Crippen molar-refractivity contribution in [1.29, 1.82) is 0 Å². The maximum Gasteiger partial charge on any atom is 0.0495 e. The molecule has 0 saturated carbocycles. The number of aromatic amines is 1. The number of fused-ring (bicyclic) bond motifs is 1. The minimum absolute atomic E-state index is 0.684. The van der Waals surface area contributed by atoms with Crippen molar-refractivity contribution >= 4 is 10.9 Å². The molecule has 2 N–H and O–H groups in total. The van der Waals surface area contributed by atoms with E-state index in [9.17, 15) is 0 Å². The van der Waals surface area contributed by atoms with Crippen molar-refractivity contribution in [2.75, 3.05) is 33.2 Å². The van der Waals surface area contributed by atoms with Crippen LogP contribution in [0.25, 0.3) is 22.2 Å². The monoisotopic (exact) mass is 348 g/mol. The van der Waals surface area contributed by atoms with Crippen LogP contribution in [0.2, 0.25) is 0 Å². The smallest absolute Gasteiger partial charge is 0.0495 e. The maximum atomic E-state index is 4.13. The van der Waals surface area contributed by atoms with Crippen molar-refractivity contribution < 1.29 is 0 Å². The van der Waals surface area contributed by atoms with Crippen LogP contribution in [0.3, 0.4) is 0 Å². The van der Waals surface area contributed by atoms with E-state index < -0.39 is 0 Å². The molecule has 4 heteroatoms. The van der Waals surface area contributed by atoms with E-state index in [2.05, 4.69) is 57.4 Å². The molecule has 0 radical (unpaired) electrons. The molecule has 26 heavy (non-hydrogen) atoms. The van der Waals surface area contributed by atoms with Gasteiger partial charge in [0.1, 0.15) is 0 Å². The Morgan fingerprint density at radius 3 is 2.65 bits per heavy atom. The summed E-state index contributed by atoms with van der Waals surface area (Å²) in [6.07, 6.45) is 6.23. The highest BCUT2D eigenvalue weighted by molar-refractivity contribution is 5.91. The van der Waals surface area contributed by atoms with Crippen LogP contribution in [0.5, 0.6) is 0 Å². The predicted octanol–water partition coefficient (Wildman–Crippen LogP) is 3.94. The van der Waals surface area contributed by atoms with Crippen LogP contribution in [0.15, 0.2) is 42.7 Å². The summed E-state index contributed by atoms with van der Waals surface area (Å²) in [5.41, 5.74) is 6.47. The fraction of sp³-hybridized carbons (Fsp3) is 0.409. The number of pyridine rings is 1. The van der Waals surface area contributed by atoms with Gasteiger partial charge in [-0.05, 0) is 81.2 Å². The van der Waals surface area contributed by atoms with Crippen LogP contribution in [0.1, 0.15) is 29.9 Å². The van der Waals surface area contributed by atoms with E-state index >= 15 is 0 Å². The van der Waals surface area contributed by atoms with Gasteiger partial charge in [0.05, 0.1) is 0 Å². The Morgan fingerprint density at radius 1 is 1.15 bits per heavy atom. The van der Waals surface area contributed by atoms with Gasteiger partial charge >= 0.3 is 0 Å². The third-order valence-corrected chi connectivity index (χ3v) is 5.79. The normalized spacial score (nSPS) is 16.4. The highest BCUT2D eigenvalue weighted by atomic mass is 15.1. The number of nitrogens with zero attached hydrogens (tertiary/aromatic N) is 2. The standard InChI is InChI=1S/C22H28N4/c1-16-20-15-19(17-7-12-26(13-8-17)14-11-23-2)3-4-21(20)25-22(16)18-5-9-24-10-6-18/h3-6,9-10,15,17,23,25H,7-8,11-14H2,1-2H3. The van der Waals surface area contributed by atoms with E-state index in [0.717, 1.165) is 13.1 Å². The average Bonchev–Trinajstić information content (AvgIpc) is 3.03. The highest BCUT2D eigenvalue weighted by Crippen LogP contribution is 2.34. The van der Waals surface area contributed by atoms with Gasteiger partial charge in [-0.2, -0.15) is 0 Å². The molecule has 0 aliphatic carbocycles. The zero-order chi connectivity index (χ0) is 17.9. The number of aryl methyl sites for hydroxylation is 1. The van der Waals surface area contributed by atoms with Gasteiger partial charge in [0.25, 0.3) is 0 Å². The fourth-order valence-corrected chi connectivity index (χ4v) is 4.17. The Morgan fingerprint density at radius 2 is 1.92 bits per heavy atom. The summed E-state index contributed by atoms with van der Waals surface area (Å²) in [6, 6.07) is 11.1. The minimum Gasteiger partial charge on any atom is -0.354 e. The number of nitrogens with one attached hydrogen (secondary N) is 2. The van der Waals surface area contributed by atoms with Crippen LogP contribution in [0.4, 0.5) is 0 Å². The van der Waals surface area contributed by atoms with Crippen molar-refractivity contribution in [2.24, 2.45) is 0 Å². The lowest BCUT2D eigenvalue weighted by atomic mass is 9.88. The second kappa shape index (κ2) is 7.60. The number of rotatable bonds is 5. The van der Waals surface area contributed by atoms with Gasteiger partial charge in [0.2, 0.25) is 0 Å². The minimum atomic E-state index is 0.684. The van der Waals surface area contributed by atoms with Crippen molar-refractivity contribution in [2.45, 2.75) is 25.7 Å². The molecule has 2 aromatic heterocycles. The molecule has 1 aliphatic heterocycles. The second-order valence-corrected chi connectivity index (χ2v) is 7.39. The number of hydrogen-bond acceptors (Lipinski definition) is 3. The molecular formula is C22H28N4. The molecule has 0 bridgehead atoms. The van der Waals surface area contributed by atoms with Crippen molar-refractivity contribution in [3.05, 3.63) is 53.9 Å². The molecule has 0 spiro atoms. The summed E-state index contributed by atoms with van der Waals surface area (Å²) in [4.78, 5) is 10.3. The van der Waals surface area contributed by atoms with E-state index in [-0.39, 0.29) is 0 Å². The van der Waals surface area contributed by atoms with Crippen molar-refractivity contribution in [3.63, 3.8) is 0 Å². The summed E-state index contributed by atoms with van der Waals surface area (Å²) in [5, 5.41) is 4.60. The SMILES string of the molecule is CNCCN1CCC(c2ccc3[nH]c(-c4ccncc4)c(C)c3c2)CC1. The molecule has 4 rings (SSSR count). The van der Waals surface area contributed by atoms with Crippen molar-refractivity contribution in [1.82, 2.24) is 20.2 Å². The van der Waals surface area contributed by atoms with Gasteiger partial charge in [-0.15, -0.1) is 0 Å². The van der Waals surface area contributed by atoms with Gasteiger partial charge < -0.3 is 15.2 Å². The molecular weight excluding hydrogens is 320 g/mol. The van der Waals surface area contributed by atoms with Crippen LogP contribution in [0, 0.1) is 6.92 Å². The zero-order valence-electron chi connectivity index (χ0n) is 15.8. The molecule has 0 atom stereocenters. The number of hydrogen-bond donors (Lipinski definition) is 2. The van der Waals surface area contributed by atoms with Crippen LogP contribution >= 0.6 is 0 Å². The Balaban J connectivity index is 1.56. The molecule has 3 heterocycles. The molecule has 136 valence electrons. The molecule has 1 aliphatic rings. The number of aromatic nitrogens is 2. The van der Waals surface area contributed by atoms with E-state index in [4.69, 9.17) is 0 Å². The Kier molecular flexibility index (Phi) is 5.05. The average molecular weight is 348 g/mol. The summed E-state index contributed by atoms with van der Waals surface area (Å²) >= 11 is 0. The summed E-state index contributed by atoms with van der Waals surface area (Å²) < 4.78 is 0. The molecule has 0 unspecified atom stereocenters. The Hall–Kier alpha value is -2.17. The number of likely N-dealkylation sites (tertiary alicyclic amines) is 1. The number of likely N-dealkylation sites (N-methyl/N-ethyl adjacent to an activating group) is 1. The van der Waals surface area contributed by atoms with Crippen LogP contribution in [-0.4, -0.2) is 48.1 Å². The summed E-state index contributed by atoms with van der Waals surface area (Å²) in [5.74, 6) is 0.684.